The summed E-state index contributed by atoms with van der Waals surface area (Å²) in [6, 6.07) is 7.55. The molecule has 7 heteroatoms. The van der Waals surface area contributed by atoms with Gasteiger partial charge in [-0.05, 0) is 66.5 Å². The SMILES string of the molecule is C=C1C(O)C2C=CCC(C)C=C(C)C(O)C(=O)C=CC(=O)C23C(=O)NC(C(C)c2c[nH]c4ccccc24)C3C1CC. The third kappa shape index (κ3) is 4.56. The van der Waals surface area contributed by atoms with Crippen LogP contribution in [0, 0.1) is 29.1 Å². The fourth-order valence-electron chi connectivity index (χ4n) is 7.64. The number of carbonyl (C=O) groups is 3. The summed E-state index contributed by atoms with van der Waals surface area (Å²) < 4.78 is 0. The van der Waals surface area contributed by atoms with Crippen molar-refractivity contribution >= 4 is 28.4 Å². The van der Waals surface area contributed by atoms with Crippen LogP contribution < -0.4 is 5.32 Å². The quantitative estimate of drug-likeness (QED) is 0.327. The topological polar surface area (TPSA) is 119 Å². The summed E-state index contributed by atoms with van der Waals surface area (Å²) in [6.45, 7) is 12.0. The lowest BCUT2D eigenvalue weighted by Crippen LogP contribution is -2.58. The molecule has 4 N–H and O–H groups in total. The van der Waals surface area contributed by atoms with E-state index < -0.39 is 53.0 Å². The molecule has 2 aliphatic carbocycles. The van der Waals surface area contributed by atoms with Crippen molar-refractivity contribution in [2.75, 3.05) is 0 Å². The van der Waals surface area contributed by atoms with E-state index >= 15 is 0 Å². The Balaban J connectivity index is 1.69. The number of amides is 1. The molecule has 9 atom stereocenters. The zero-order chi connectivity index (χ0) is 29.6. The first-order valence-corrected chi connectivity index (χ1v) is 14.6. The maximum Gasteiger partial charge on any atom is 0.235 e. The first-order chi connectivity index (χ1) is 19.5. The number of hydrogen-bond donors (Lipinski definition) is 4. The van der Waals surface area contributed by atoms with Crippen molar-refractivity contribution in [1.82, 2.24) is 10.3 Å². The maximum absolute atomic E-state index is 14.4. The fourth-order valence-corrected chi connectivity index (χ4v) is 7.64. The highest BCUT2D eigenvalue weighted by Crippen LogP contribution is 2.59. The highest BCUT2D eigenvalue weighted by Gasteiger charge is 2.69. The number of para-hydroxylation sites is 1. The fraction of sp³-hybridized carbons (Fsp3) is 0.441. The Kier molecular flexibility index (Phi) is 7.79. The summed E-state index contributed by atoms with van der Waals surface area (Å²) in [6.07, 6.45) is 8.36. The Hall–Kier alpha value is -3.55. The average molecular weight is 557 g/mol. The van der Waals surface area contributed by atoms with Crippen LogP contribution in [0.15, 0.2) is 78.6 Å². The Morgan fingerprint density at radius 2 is 1.88 bits per heavy atom. The number of hydrogen-bond acceptors (Lipinski definition) is 5. The molecule has 1 aromatic carbocycles. The van der Waals surface area contributed by atoms with E-state index in [0.717, 1.165) is 28.6 Å². The van der Waals surface area contributed by atoms with Gasteiger partial charge in [0.05, 0.1) is 6.10 Å². The second kappa shape index (κ2) is 11.0. The van der Waals surface area contributed by atoms with E-state index in [1.54, 1.807) is 13.0 Å². The van der Waals surface area contributed by atoms with Crippen LogP contribution in [-0.4, -0.2) is 50.9 Å². The predicted molar refractivity (Wildman–Crippen MR) is 159 cm³/mol. The van der Waals surface area contributed by atoms with E-state index in [-0.39, 0.29) is 17.8 Å². The van der Waals surface area contributed by atoms with Crippen LogP contribution in [0.25, 0.3) is 10.9 Å². The number of aromatic nitrogens is 1. The number of carbonyl (C=O) groups excluding carboxylic acids is 3. The molecule has 1 aliphatic heterocycles. The molecule has 1 amide bonds. The van der Waals surface area contributed by atoms with E-state index in [1.807, 2.05) is 56.5 Å². The second-order valence-corrected chi connectivity index (χ2v) is 12.1. The van der Waals surface area contributed by atoms with Gasteiger partial charge in [0.15, 0.2) is 11.6 Å². The third-order valence-electron chi connectivity index (χ3n) is 9.74. The molecule has 2 fully saturated rings. The Labute approximate surface area is 241 Å². The maximum atomic E-state index is 14.4. The van der Waals surface area contributed by atoms with Crippen LogP contribution in [0.5, 0.6) is 0 Å². The summed E-state index contributed by atoms with van der Waals surface area (Å²) >= 11 is 0. The van der Waals surface area contributed by atoms with Crippen LogP contribution in [-0.2, 0) is 14.4 Å². The normalized spacial score (nSPS) is 35.2. The second-order valence-electron chi connectivity index (χ2n) is 12.1. The van der Waals surface area contributed by atoms with Crippen LogP contribution in [0.2, 0.25) is 0 Å². The number of H-pyrrole nitrogens is 1. The van der Waals surface area contributed by atoms with E-state index in [2.05, 4.69) is 23.8 Å². The highest BCUT2D eigenvalue weighted by atomic mass is 16.3. The van der Waals surface area contributed by atoms with E-state index in [1.165, 1.54) is 0 Å². The number of rotatable bonds is 3. The zero-order valence-corrected chi connectivity index (χ0v) is 24.1. The summed E-state index contributed by atoms with van der Waals surface area (Å²) in [7, 11) is 0. The number of nitrogens with one attached hydrogen (secondary N) is 2. The minimum atomic E-state index is -1.65. The van der Waals surface area contributed by atoms with E-state index in [0.29, 0.717) is 24.0 Å². The average Bonchev–Trinajstić information content (AvgIpc) is 3.52. The van der Waals surface area contributed by atoms with Crippen molar-refractivity contribution in [3.05, 3.63) is 84.1 Å². The standard InChI is InChI=1S/C34H40N2O5/c1-6-22-21(5)32(40)25-12-9-10-18(2)16-19(3)31(39)27(37)14-15-28(38)34(25)29(22)30(36-33(34)41)20(4)24-17-35-26-13-8-7-11-23(24)26/h7-9,11-18,20,22,25,29-32,35,39-40H,5-6,10H2,1-4H3,(H,36,41). The molecule has 3 aliphatic rings. The summed E-state index contributed by atoms with van der Waals surface area (Å²) in [5.41, 5.74) is 1.49. The van der Waals surface area contributed by atoms with Crippen molar-refractivity contribution in [2.45, 2.75) is 64.7 Å². The van der Waals surface area contributed by atoms with Gasteiger partial charge in [-0.25, -0.2) is 0 Å². The number of ketones is 2. The van der Waals surface area contributed by atoms with Gasteiger partial charge in [-0.3, -0.25) is 14.4 Å². The molecule has 0 bridgehead atoms. The van der Waals surface area contributed by atoms with Crippen molar-refractivity contribution in [3.63, 3.8) is 0 Å². The molecule has 216 valence electrons. The van der Waals surface area contributed by atoms with Gasteiger partial charge < -0.3 is 20.5 Å². The van der Waals surface area contributed by atoms with E-state index in [9.17, 15) is 24.6 Å². The predicted octanol–water partition coefficient (Wildman–Crippen LogP) is 4.54. The molecule has 2 heterocycles. The van der Waals surface area contributed by atoms with Crippen LogP contribution >= 0.6 is 0 Å². The minimum absolute atomic E-state index is 0.0137. The Bertz CT molecular complexity index is 1480. The van der Waals surface area contributed by atoms with Crippen molar-refractivity contribution in [3.8, 4) is 0 Å². The van der Waals surface area contributed by atoms with Gasteiger partial charge in [0.1, 0.15) is 11.5 Å². The number of aromatic amines is 1. The van der Waals surface area contributed by atoms with Gasteiger partial charge >= 0.3 is 0 Å². The molecular formula is C34H40N2O5. The van der Waals surface area contributed by atoms with Gasteiger partial charge in [0, 0.05) is 40.9 Å². The smallest absolute Gasteiger partial charge is 0.235 e. The Morgan fingerprint density at radius 1 is 1.15 bits per heavy atom. The van der Waals surface area contributed by atoms with Gasteiger partial charge in [0.25, 0.3) is 0 Å². The summed E-state index contributed by atoms with van der Waals surface area (Å²) in [4.78, 5) is 44.9. The molecule has 2 aromatic rings. The zero-order valence-electron chi connectivity index (χ0n) is 24.1. The molecule has 0 radical (unpaired) electrons. The lowest BCUT2D eigenvalue weighted by molar-refractivity contribution is -0.148. The van der Waals surface area contributed by atoms with Crippen LogP contribution in [0.4, 0.5) is 0 Å². The molecule has 9 unspecified atom stereocenters. The van der Waals surface area contributed by atoms with Crippen molar-refractivity contribution < 1.29 is 24.6 Å². The largest absolute Gasteiger partial charge is 0.388 e. The molecule has 1 saturated carbocycles. The number of aliphatic hydroxyl groups is 2. The molecule has 41 heavy (non-hydrogen) atoms. The third-order valence-corrected chi connectivity index (χ3v) is 9.74. The van der Waals surface area contributed by atoms with E-state index in [4.69, 9.17) is 0 Å². The lowest BCUT2D eigenvalue weighted by Gasteiger charge is -2.50. The van der Waals surface area contributed by atoms with Crippen LogP contribution in [0.1, 0.15) is 52.0 Å². The van der Waals surface area contributed by atoms with Crippen molar-refractivity contribution in [2.24, 2.45) is 29.1 Å². The Morgan fingerprint density at radius 3 is 2.61 bits per heavy atom. The van der Waals surface area contributed by atoms with Gasteiger partial charge in [0.2, 0.25) is 5.91 Å². The first-order valence-electron chi connectivity index (χ1n) is 14.6. The molecule has 1 saturated heterocycles. The molecule has 5 rings (SSSR count). The van der Waals surface area contributed by atoms with Crippen LogP contribution in [0.3, 0.4) is 0 Å². The van der Waals surface area contributed by atoms with Gasteiger partial charge in [-0.15, -0.1) is 0 Å². The number of fused-ring (bicyclic) bond motifs is 1. The molecular weight excluding hydrogens is 516 g/mol. The minimum Gasteiger partial charge on any atom is -0.388 e. The van der Waals surface area contributed by atoms with Gasteiger partial charge in [-0.2, -0.15) is 0 Å². The highest BCUT2D eigenvalue weighted by molar-refractivity contribution is 6.15. The number of aliphatic hydroxyl groups excluding tert-OH is 2. The molecule has 1 spiro atoms. The monoisotopic (exact) mass is 556 g/mol. The number of benzene rings is 1. The summed E-state index contributed by atoms with van der Waals surface area (Å²) in [5.74, 6) is -3.49. The molecule has 1 aromatic heterocycles. The van der Waals surface area contributed by atoms with Gasteiger partial charge in [-0.1, -0.05) is 63.8 Å². The van der Waals surface area contributed by atoms with Crippen molar-refractivity contribution in [1.29, 1.82) is 0 Å². The first kappa shape index (κ1) is 29.0. The lowest BCUT2D eigenvalue weighted by atomic mass is 9.50. The summed E-state index contributed by atoms with van der Waals surface area (Å²) in [5, 5.41) is 26.5. The molecule has 7 nitrogen and oxygen atoms in total. The number of allylic oxidation sites excluding steroid dienone is 3.